The molecule has 3 fully saturated rings. The van der Waals surface area contributed by atoms with E-state index in [1.165, 1.54) is 43.7 Å². The maximum absolute atomic E-state index is 15.6. The minimum absolute atomic E-state index is 0.0752. The number of pyridine rings is 3. The van der Waals surface area contributed by atoms with E-state index in [4.69, 9.17) is 0 Å². The standard InChI is InChI=1S/C43H47F2N11O7S/c1-3-53(2)64(62,63)52-32-6-4-5-28(37(32)44)39(59)30-25-49-40-29(30)21-27(24-48-40)26-7-9-34(47-23-26)54-17-19-55(20-18-54)36(58)22-43(61)12-15-56(16-13-43)41-38(45)31(11-14-46-41)50-33-8-10-35(57)51-42(33)60/h4-7,9,11,14,21,23-25,33,52,61H,3,8,10,12-13,15-20,22H2,1-2H3,(H,46,50)(H,48,49)(H,51,57,60). The Balaban J connectivity index is 0.852. The predicted molar refractivity (Wildman–Crippen MR) is 234 cm³/mol. The van der Waals surface area contributed by atoms with Gasteiger partial charge in [0.05, 0.1) is 29.0 Å². The molecule has 336 valence electrons. The van der Waals surface area contributed by atoms with Crippen LogP contribution in [0.1, 0.15) is 54.9 Å². The van der Waals surface area contributed by atoms with Crippen LogP contribution in [0.4, 0.5) is 31.8 Å². The first-order valence-electron chi connectivity index (χ1n) is 20.9. The lowest BCUT2D eigenvalue weighted by Crippen LogP contribution is -2.52. The van der Waals surface area contributed by atoms with Crippen LogP contribution in [0.25, 0.3) is 22.2 Å². The molecule has 3 aliphatic rings. The summed E-state index contributed by atoms with van der Waals surface area (Å²) in [4.78, 5) is 72.6. The maximum atomic E-state index is 15.6. The molecule has 0 aliphatic carbocycles. The average molecular weight is 900 g/mol. The van der Waals surface area contributed by atoms with Crippen LogP contribution in [-0.4, -0.2) is 131 Å². The van der Waals surface area contributed by atoms with Crippen molar-refractivity contribution in [2.45, 2.75) is 50.7 Å². The van der Waals surface area contributed by atoms with Crippen molar-refractivity contribution in [2.24, 2.45) is 0 Å². The first kappa shape index (κ1) is 44.0. The third kappa shape index (κ3) is 9.08. The molecule has 0 saturated carbocycles. The van der Waals surface area contributed by atoms with Gasteiger partial charge in [-0.1, -0.05) is 13.0 Å². The molecule has 3 saturated heterocycles. The molecule has 8 rings (SSSR count). The van der Waals surface area contributed by atoms with Crippen molar-refractivity contribution >= 4 is 67.8 Å². The Kier molecular flexibility index (Phi) is 12.3. The van der Waals surface area contributed by atoms with Gasteiger partial charge in [0.2, 0.25) is 17.7 Å². The Hall–Kier alpha value is -6.58. The van der Waals surface area contributed by atoms with E-state index in [-0.39, 0.29) is 91.9 Å². The number of carbonyl (C=O) groups is 4. The number of hydrogen-bond acceptors (Lipinski definition) is 13. The number of hydrogen-bond donors (Lipinski definition) is 5. The number of benzene rings is 1. The molecule has 21 heteroatoms. The lowest BCUT2D eigenvalue weighted by atomic mass is 9.87. The van der Waals surface area contributed by atoms with Crippen molar-refractivity contribution in [3.05, 3.63) is 90.0 Å². The van der Waals surface area contributed by atoms with E-state index in [2.05, 4.69) is 40.2 Å². The number of aromatic nitrogens is 4. The molecule has 3 aliphatic heterocycles. The topological polar surface area (TPSA) is 226 Å². The highest BCUT2D eigenvalue weighted by Gasteiger charge is 2.38. The number of halogens is 2. The monoisotopic (exact) mass is 899 g/mol. The third-order valence-electron chi connectivity index (χ3n) is 12.1. The van der Waals surface area contributed by atoms with Crippen LogP contribution in [0.3, 0.4) is 0 Å². The smallest absolute Gasteiger partial charge is 0.301 e. The lowest BCUT2D eigenvalue weighted by molar-refractivity contribution is -0.138. The Bertz CT molecular complexity index is 2720. The number of ketones is 1. The number of imide groups is 1. The van der Waals surface area contributed by atoms with E-state index in [1.807, 2.05) is 12.1 Å². The number of piperazine rings is 1. The third-order valence-corrected chi connectivity index (χ3v) is 13.6. The zero-order chi connectivity index (χ0) is 45.3. The lowest BCUT2D eigenvalue weighted by Gasteiger charge is -2.41. The zero-order valence-electron chi connectivity index (χ0n) is 35.1. The van der Waals surface area contributed by atoms with E-state index in [1.54, 1.807) is 35.2 Å². The van der Waals surface area contributed by atoms with Gasteiger partial charge in [-0.15, -0.1) is 0 Å². The number of rotatable bonds is 13. The molecule has 1 unspecified atom stereocenters. The fraction of sp³-hybridized carbons (Fsp3) is 0.372. The van der Waals surface area contributed by atoms with E-state index in [9.17, 15) is 32.7 Å². The SMILES string of the molecule is CCN(C)S(=O)(=O)Nc1cccc(C(=O)c2c[nH]c3ncc(-c4ccc(N5CCN(C(=O)CC6(O)CCN(c7nccc(NC8CCC(=O)NC8=O)c7F)CC6)CC5)nc4)cc23)c1F. The molecule has 1 atom stereocenters. The Morgan fingerprint density at radius 1 is 0.922 bits per heavy atom. The van der Waals surface area contributed by atoms with Crippen LogP contribution in [0.5, 0.6) is 0 Å². The number of aromatic amines is 1. The normalized spacial score (nSPS) is 18.0. The van der Waals surface area contributed by atoms with Gasteiger partial charge in [0.15, 0.2) is 23.2 Å². The molecule has 5 N–H and O–H groups in total. The minimum atomic E-state index is -4.03. The Labute approximate surface area is 367 Å². The number of nitrogens with zero attached hydrogens (tertiary/aromatic N) is 7. The number of nitrogens with one attached hydrogen (secondary N) is 4. The molecule has 0 spiro atoms. The van der Waals surface area contributed by atoms with Crippen molar-refractivity contribution < 1.29 is 41.5 Å². The summed E-state index contributed by atoms with van der Waals surface area (Å²) in [6, 6.07) is 10.1. The van der Waals surface area contributed by atoms with Crippen LogP contribution in [-0.2, 0) is 24.6 Å². The van der Waals surface area contributed by atoms with Crippen LogP contribution in [0.2, 0.25) is 0 Å². The number of amides is 3. The quantitative estimate of drug-likeness (QED) is 0.0845. The average Bonchev–Trinajstić information content (AvgIpc) is 3.72. The van der Waals surface area contributed by atoms with Gasteiger partial charge >= 0.3 is 10.2 Å². The number of carbonyl (C=O) groups excluding carboxylic acids is 4. The summed E-state index contributed by atoms with van der Waals surface area (Å²) in [7, 11) is -2.68. The fourth-order valence-corrected chi connectivity index (χ4v) is 9.02. The summed E-state index contributed by atoms with van der Waals surface area (Å²) in [5.41, 5.74) is 0.0711. The second-order valence-electron chi connectivity index (χ2n) is 16.1. The van der Waals surface area contributed by atoms with Crippen molar-refractivity contribution in [3.8, 4) is 11.1 Å². The van der Waals surface area contributed by atoms with Crippen molar-refractivity contribution in [1.82, 2.24) is 34.5 Å². The number of fused-ring (bicyclic) bond motifs is 1. The van der Waals surface area contributed by atoms with Crippen LogP contribution < -0.4 is 25.2 Å². The first-order valence-corrected chi connectivity index (χ1v) is 22.3. The summed E-state index contributed by atoms with van der Waals surface area (Å²) in [6.45, 7) is 4.18. The van der Waals surface area contributed by atoms with E-state index >= 15 is 8.78 Å². The zero-order valence-corrected chi connectivity index (χ0v) is 35.9. The van der Waals surface area contributed by atoms with E-state index in [0.717, 1.165) is 4.31 Å². The van der Waals surface area contributed by atoms with Gasteiger partial charge in [-0.2, -0.15) is 12.7 Å². The molecule has 64 heavy (non-hydrogen) atoms. The molecule has 0 radical (unpaired) electrons. The molecule has 18 nitrogen and oxygen atoms in total. The van der Waals surface area contributed by atoms with Gasteiger partial charge in [-0.05, 0) is 55.7 Å². The summed E-state index contributed by atoms with van der Waals surface area (Å²) in [5, 5.41) is 17.0. The molecule has 7 heterocycles. The number of H-pyrrole nitrogens is 1. The van der Waals surface area contributed by atoms with E-state index in [0.29, 0.717) is 54.2 Å². The fourth-order valence-electron chi connectivity index (χ4n) is 8.08. The molecule has 5 aromatic rings. The molecule has 1 aromatic carbocycles. The predicted octanol–water partition coefficient (Wildman–Crippen LogP) is 3.42. The summed E-state index contributed by atoms with van der Waals surface area (Å²) < 4.78 is 59.5. The van der Waals surface area contributed by atoms with Gasteiger partial charge < -0.3 is 30.1 Å². The minimum Gasteiger partial charge on any atom is -0.389 e. The largest absolute Gasteiger partial charge is 0.389 e. The second-order valence-corrected chi connectivity index (χ2v) is 17.9. The molecule has 3 amide bonds. The maximum Gasteiger partial charge on any atom is 0.301 e. The summed E-state index contributed by atoms with van der Waals surface area (Å²) >= 11 is 0. The van der Waals surface area contributed by atoms with Crippen LogP contribution in [0, 0.1) is 11.6 Å². The number of anilines is 4. The highest BCUT2D eigenvalue weighted by atomic mass is 32.2. The first-order chi connectivity index (χ1) is 30.6. The molecule has 0 bridgehead atoms. The Morgan fingerprint density at radius 3 is 2.38 bits per heavy atom. The number of aliphatic hydroxyl groups is 1. The summed E-state index contributed by atoms with van der Waals surface area (Å²) in [6.07, 6.45) is 6.94. The van der Waals surface area contributed by atoms with Crippen molar-refractivity contribution in [3.63, 3.8) is 0 Å². The Morgan fingerprint density at radius 2 is 1.67 bits per heavy atom. The molecular weight excluding hydrogens is 853 g/mol. The second kappa shape index (κ2) is 17.9. The van der Waals surface area contributed by atoms with Gasteiger partial charge in [-0.25, -0.2) is 23.7 Å². The van der Waals surface area contributed by atoms with E-state index < -0.39 is 45.2 Å². The highest BCUT2D eigenvalue weighted by molar-refractivity contribution is 7.90. The number of piperidine rings is 2. The van der Waals surface area contributed by atoms with Gasteiger partial charge in [0, 0.05) is 106 Å². The molecule has 4 aromatic heterocycles. The van der Waals surface area contributed by atoms with Crippen molar-refractivity contribution in [2.75, 3.05) is 72.7 Å². The van der Waals surface area contributed by atoms with Crippen molar-refractivity contribution in [1.29, 1.82) is 0 Å². The summed E-state index contributed by atoms with van der Waals surface area (Å²) in [5.74, 6) is -2.59. The van der Waals surface area contributed by atoms with Gasteiger partial charge in [-0.3, -0.25) is 29.2 Å². The van der Waals surface area contributed by atoms with Gasteiger partial charge in [0.25, 0.3) is 0 Å². The molecular formula is C43H47F2N11O7S. The van der Waals surface area contributed by atoms with Crippen LogP contribution in [0.15, 0.2) is 67.3 Å². The van der Waals surface area contributed by atoms with Gasteiger partial charge in [0.1, 0.15) is 17.5 Å². The van der Waals surface area contributed by atoms with Crippen LogP contribution >= 0.6 is 0 Å². The highest BCUT2D eigenvalue weighted by Crippen LogP contribution is 2.33.